The van der Waals surface area contributed by atoms with Crippen molar-refractivity contribution in [2.45, 2.75) is 6.54 Å². The van der Waals surface area contributed by atoms with E-state index in [1.165, 1.54) is 3.57 Å². The molecule has 0 saturated carbocycles. The van der Waals surface area contributed by atoms with Crippen LogP contribution in [0.25, 0.3) is 0 Å². The van der Waals surface area contributed by atoms with E-state index in [0.29, 0.717) is 6.54 Å². The van der Waals surface area contributed by atoms with Crippen LogP contribution in [-0.2, 0) is 13.6 Å². The van der Waals surface area contributed by atoms with E-state index in [9.17, 15) is 0 Å². The number of rotatable bonds is 3. The van der Waals surface area contributed by atoms with Crippen molar-refractivity contribution in [3.05, 3.63) is 40.0 Å². The molecule has 0 aliphatic rings. The molecule has 5 heteroatoms. The highest BCUT2D eigenvalue weighted by Crippen LogP contribution is 2.17. The fourth-order valence-corrected chi connectivity index (χ4v) is 1.82. The predicted molar refractivity (Wildman–Crippen MR) is 67.5 cm³/mol. The van der Waals surface area contributed by atoms with Crippen molar-refractivity contribution in [1.82, 2.24) is 14.8 Å². The molecule has 1 aromatic carbocycles. The number of halogens is 1. The Balaban J connectivity index is 2.06. The number of nitrogens with zero attached hydrogens (tertiary/aromatic N) is 3. The molecular formula is C10H11IN4. The van der Waals surface area contributed by atoms with Gasteiger partial charge in [-0.25, -0.2) is 0 Å². The predicted octanol–water partition coefficient (Wildman–Crippen LogP) is 2.03. The molecule has 0 unspecified atom stereocenters. The Morgan fingerprint density at radius 1 is 1.40 bits per heavy atom. The Morgan fingerprint density at radius 2 is 2.20 bits per heavy atom. The van der Waals surface area contributed by atoms with Gasteiger partial charge in [-0.1, -0.05) is 12.1 Å². The molecule has 0 aliphatic heterocycles. The van der Waals surface area contributed by atoms with Crippen molar-refractivity contribution >= 4 is 28.3 Å². The number of hydrogen-bond acceptors (Lipinski definition) is 3. The first-order valence-corrected chi connectivity index (χ1v) is 5.66. The third-order valence-corrected chi connectivity index (χ3v) is 3.06. The molecule has 0 saturated heterocycles. The van der Waals surface area contributed by atoms with E-state index >= 15 is 0 Å². The second-order valence-electron chi connectivity index (χ2n) is 3.19. The largest absolute Gasteiger partial charge is 0.377 e. The number of aromatic nitrogens is 3. The molecule has 0 radical (unpaired) electrons. The minimum absolute atomic E-state index is 0.691. The summed E-state index contributed by atoms with van der Waals surface area (Å²) in [5.74, 6) is 0.926. The molecule has 0 spiro atoms. The van der Waals surface area contributed by atoms with Crippen molar-refractivity contribution in [3.63, 3.8) is 0 Å². The number of aryl methyl sites for hydroxylation is 1. The van der Waals surface area contributed by atoms with E-state index in [1.807, 2.05) is 23.7 Å². The summed E-state index contributed by atoms with van der Waals surface area (Å²) in [6, 6.07) is 8.16. The van der Waals surface area contributed by atoms with Gasteiger partial charge in [-0.05, 0) is 34.7 Å². The summed E-state index contributed by atoms with van der Waals surface area (Å²) in [4.78, 5) is 0. The maximum atomic E-state index is 4.01. The Kier molecular flexibility index (Phi) is 3.20. The molecule has 1 heterocycles. The molecular weight excluding hydrogens is 303 g/mol. The highest BCUT2D eigenvalue weighted by atomic mass is 127. The van der Waals surface area contributed by atoms with Crippen LogP contribution >= 0.6 is 22.6 Å². The first kappa shape index (κ1) is 10.4. The summed E-state index contributed by atoms with van der Waals surface area (Å²) in [6.07, 6.45) is 1.70. The van der Waals surface area contributed by atoms with E-state index in [1.54, 1.807) is 6.33 Å². The summed E-state index contributed by atoms with van der Waals surface area (Å²) in [7, 11) is 1.94. The number of nitrogens with one attached hydrogen (secondary N) is 1. The van der Waals surface area contributed by atoms with Crippen molar-refractivity contribution in [2.75, 3.05) is 5.32 Å². The fourth-order valence-electron chi connectivity index (χ4n) is 1.25. The van der Waals surface area contributed by atoms with Gasteiger partial charge >= 0.3 is 0 Å². The highest BCUT2D eigenvalue weighted by molar-refractivity contribution is 14.1. The maximum Gasteiger partial charge on any atom is 0.151 e. The standard InChI is InChI=1S/C10H11IN4/c1-15-7-13-14-10(15)6-12-9-5-3-2-4-8(9)11/h2-5,7,12H,6H2,1H3. The quantitative estimate of drug-likeness (QED) is 0.882. The average Bonchev–Trinajstić information content (AvgIpc) is 2.63. The summed E-state index contributed by atoms with van der Waals surface area (Å²) in [6.45, 7) is 0.691. The van der Waals surface area contributed by atoms with Crippen molar-refractivity contribution in [1.29, 1.82) is 0 Å². The van der Waals surface area contributed by atoms with Crippen LogP contribution in [0.2, 0.25) is 0 Å². The lowest BCUT2D eigenvalue weighted by molar-refractivity contribution is 0.812. The summed E-state index contributed by atoms with van der Waals surface area (Å²) >= 11 is 2.30. The van der Waals surface area contributed by atoms with Gasteiger partial charge in [-0.15, -0.1) is 10.2 Å². The number of para-hydroxylation sites is 1. The topological polar surface area (TPSA) is 42.7 Å². The highest BCUT2D eigenvalue weighted by Gasteiger charge is 2.01. The number of hydrogen-bond donors (Lipinski definition) is 1. The molecule has 0 amide bonds. The minimum Gasteiger partial charge on any atom is -0.377 e. The third-order valence-electron chi connectivity index (χ3n) is 2.12. The van der Waals surface area contributed by atoms with Gasteiger partial charge in [0.2, 0.25) is 0 Å². The Bertz CT molecular complexity index is 452. The van der Waals surface area contributed by atoms with Gasteiger partial charge in [-0.2, -0.15) is 0 Å². The molecule has 2 aromatic rings. The molecule has 1 N–H and O–H groups in total. The van der Waals surface area contributed by atoms with E-state index in [0.717, 1.165) is 11.5 Å². The molecule has 0 aliphatic carbocycles. The van der Waals surface area contributed by atoms with E-state index in [4.69, 9.17) is 0 Å². The molecule has 78 valence electrons. The molecule has 4 nitrogen and oxygen atoms in total. The van der Waals surface area contributed by atoms with Crippen LogP contribution in [0.1, 0.15) is 5.82 Å². The fraction of sp³-hybridized carbons (Fsp3) is 0.200. The summed E-state index contributed by atoms with van der Waals surface area (Å²) < 4.78 is 3.11. The number of anilines is 1. The molecule has 15 heavy (non-hydrogen) atoms. The van der Waals surface area contributed by atoms with E-state index < -0.39 is 0 Å². The third kappa shape index (κ3) is 2.47. The van der Waals surface area contributed by atoms with Gasteiger partial charge in [0.15, 0.2) is 5.82 Å². The zero-order valence-corrected chi connectivity index (χ0v) is 10.5. The van der Waals surface area contributed by atoms with Gasteiger partial charge < -0.3 is 9.88 Å². The first-order chi connectivity index (χ1) is 7.27. The van der Waals surface area contributed by atoms with Crippen LogP contribution in [0.4, 0.5) is 5.69 Å². The van der Waals surface area contributed by atoms with Gasteiger partial charge in [0.1, 0.15) is 6.33 Å². The first-order valence-electron chi connectivity index (χ1n) is 4.58. The SMILES string of the molecule is Cn1cnnc1CNc1ccccc1I. The Morgan fingerprint density at radius 3 is 2.87 bits per heavy atom. The van der Waals surface area contributed by atoms with Crippen LogP contribution in [0, 0.1) is 3.57 Å². The zero-order chi connectivity index (χ0) is 10.7. The lowest BCUT2D eigenvalue weighted by atomic mass is 10.3. The molecule has 1 aromatic heterocycles. The molecule has 0 bridgehead atoms. The molecule has 0 fully saturated rings. The second kappa shape index (κ2) is 4.61. The van der Waals surface area contributed by atoms with Crippen LogP contribution in [0.5, 0.6) is 0 Å². The monoisotopic (exact) mass is 314 g/mol. The maximum absolute atomic E-state index is 4.01. The van der Waals surface area contributed by atoms with E-state index in [2.05, 4.69) is 50.2 Å². The normalized spacial score (nSPS) is 10.3. The van der Waals surface area contributed by atoms with Crippen LogP contribution < -0.4 is 5.32 Å². The van der Waals surface area contributed by atoms with Crippen molar-refractivity contribution in [3.8, 4) is 0 Å². The smallest absolute Gasteiger partial charge is 0.151 e. The average molecular weight is 314 g/mol. The van der Waals surface area contributed by atoms with Gasteiger partial charge in [0.05, 0.1) is 6.54 Å². The van der Waals surface area contributed by atoms with Crippen LogP contribution in [0.15, 0.2) is 30.6 Å². The van der Waals surface area contributed by atoms with Gasteiger partial charge in [0, 0.05) is 16.3 Å². The number of benzene rings is 1. The molecule has 2 rings (SSSR count). The van der Waals surface area contributed by atoms with Crippen LogP contribution in [0.3, 0.4) is 0 Å². The van der Waals surface area contributed by atoms with E-state index in [-0.39, 0.29) is 0 Å². The Hall–Kier alpha value is -1.11. The summed E-state index contributed by atoms with van der Waals surface area (Å²) in [5.41, 5.74) is 1.13. The summed E-state index contributed by atoms with van der Waals surface area (Å²) in [5, 5.41) is 11.2. The van der Waals surface area contributed by atoms with Gasteiger partial charge in [-0.3, -0.25) is 0 Å². The van der Waals surface area contributed by atoms with Crippen LogP contribution in [-0.4, -0.2) is 14.8 Å². The Labute approximate surface area is 102 Å². The zero-order valence-electron chi connectivity index (χ0n) is 8.31. The second-order valence-corrected chi connectivity index (χ2v) is 4.35. The molecule has 0 atom stereocenters. The van der Waals surface area contributed by atoms with Crippen molar-refractivity contribution < 1.29 is 0 Å². The lowest BCUT2D eigenvalue weighted by Gasteiger charge is -2.07. The van der Waals surface area contributed by atoms with Crippen molar-refractivity contribution in [2.24, 2.45) is 7.05 Å². The minimum atomic E-state index is 0.691. The van der Waals surface area contributed by atoms with Gasteiger partial charge in [0.25, 0.3) is 0 Å². The lowest BCUT2D eigenvalue weighted by Crippen LogP contribution is -2.06.